The van der Waals surface area contributed by atoms with E-state index in [-0.39, 0.29) is 54.5 Å². The zero-order valence-electron chi connectivity index (χ0n) is 23.2. The maximum atomic E-state index is 16.7. The molecular formula is C31H27ClF2N6OS. The summed E-state index contributed by atoms with van der Waals surface area (Å²) in [7, 11) is 3.80. The number of benzene rings is 2. The van der Waals surface area contributed by atoms with Gasteiger partial charge in [0.25, 0.3) is 5.91 Å². The molecular weight excluding hydrogens is 578 g/mol. The summed E-state index contributed by atoms with van der Waals surface area (Å²) in [5.41, 5.74) is 13.5. The second-order valence-corrected chi connectivity index (χ2v) is 11.7. The summed E-state index contributed by atoms with van der Waals surface area (Å²) < 4.78 is 31.7. The van der Waals surface area contributed by atoms with Gasteiger partial charge in [0.2, 0.25) is 0 Å². The van der Waals surface area contributed by atoms with Crippen LogP contribution in [-0.4, -0.2) is 47.9 Å². The minimum Gasteiger partial charge on any atom is -0.389 e. The molecule has 214 valence electrons. The van der Waals surface area contributed by atoms with Gasteiger partial charge in [-0.05, 0) is 50.7 Å². The maximum Gasteiger partial charge on any atom is 0.256 e. The Balaban J connectivity index is 1.75. The number of pyridine rings is 1. The third-order valence-electron chi connectivity index (χ3n) is 7.44. The van der Waals surface area contributed by atoms with Crippen LogP contribution < -0.4 is 11.5 Å². The van der Waals surface area contributed by atoms with Gasteiger partial charge < -0.3 is 21.3 Å². The van der Waals surface area contributed by atoms with Crippen molar-refractivity contribution >= 4 is 49.7 Å². The second-order valence-electron chi connectivity index (χ2n) is 10.2. The lowest BCUT2D eigenvalue weighted by Gasteiger charge is -2.35. The Kier molecular flexibility index (Phi) is 8.07. The molecule has 0 saturated carbocycles. The largest absolute Gasteiger partial charge is 0.389 e. The molecule has 2 aromatic carbocycles. The average Bonchev–Trinajstić information content (AvgIpc) is 3.30. The van der Waals surface area contributed by atoms with E-state index in [9.17, 15) is 14.4 Å². The fourth-order valence-electron chi connectivity index (χ4n) is 5.30. The average molecular weight is 605 g/mol. The highest BCUT2D eigenvalue weighted by molar-refractivity contribution is 7.23. The van der Waals surface area contributed by atoms with Gasteiger partial charge in [-0.3, -0.25) is 4.79 Å². The Morgan fingerprint density at radius 3 is 2.67 bits per heavy atom. The highest BCUT2D eigenvalue weighted by atomic mass is 35.5. The van der Waals surface area contributed by atoms with Crippen LogP contribution >= 0.6 is 22.9 Å². The van der Waals surface area contributed by atoms with Gasteiger partial charge in [0.05, 0.1) is 32.5 Å². The number of halogens is 3. The van der Waals surface area contributed by atoms with E-state index in [0.717, 1.165) is 11.3 Å². The van der Waals surface area contributed by atoms with E-state index in [2.05, 4.69) is 16.8 Å². The quantitative estimate of drug-likeness (QED) is 0.271. The monoisotopic (exact) mass is 604 g/mol. The first-order valence-electron chi connectivity index (χ1n) is 13.2. The number of hydrogen-bond acceptors (Lipinski definition) is 7. The van der Waals surface area contributed by atoms with Crippen molar-refractivity contribution in [3.63, 3.8) is 0 Å². The first-order chi connectivity index (χ1) is 20.1. The molecule has 0 unspecified atom stereocenters. The fourth-order valence-corrected chi connectivity index (χ4v) is 6.63. The molecule has 1 aliphatic rings. The van der Waals surface area contributed by atoms with E-state index in [1.807, 2.05) is 32.0 Å². The molecule has 5 rings (SSSR count). The Morgan fingerprint density at radius 1 is 1.21 bits per heavy atom. The summed E-state index contributed by atoms with van der Waals surface area (Å²) in [5, 5.41) is 10.1. The molecule has 2 aromatic heterocycles. The molecule has 42 heavy (non-hydrogen) atoms. The first-order valence-corrected chi connectivity index (χ1v) is 14.4. The van der Waals surface area contributed by atoms with Gasteiger partial charge in [-0.2, -0.15) is 5.26 Å². The number of aromatic nitrogens is 1. The zero-order chi connectivity index (χ0) is 30.3. The van der Waals surface area contributed by atoms with Crippen molar-refractivity contribution in [2.75, 3.05) is 38.7 Å². The van der Waals surface area contributed by atoms with E-state index in [1.165, 1.54) is 12.1 Å². The van der Waals surface area contributed by atoms with Gasteiger partial charge in [-0.25, -0.2) is 13.8 Å². The van der Waals surface area contributed by atoms with Gasteiger partial charge in [0.15, 0.2) is 0 Å². The number of hydrogen-bond donors (Lipinski definition) is 2. The van der Waals surface area contributed by atoms with Crippen molar-refractivity contribution < 1.29 is 13.6 Å². The Morgan fingerprint density at radius 2 is 1.98 bits per heavy atom. The Hall–Kier alpha value is -4.22. The van der Waals surface area contributed by atoms with Crippen LogP contribution in [0.15, 0.2) is 30.5 Å². The van der Waals surface area contributed by atoms with Crippen LogP contribution in [0.5, 0.6) is 0 Å². The summed E-state index contributed by atoms with van der Waals surface area (Å²) in [6.07, 6.45) is 2.31. The number of rotatable bonds is 5. The molecule has 0 bridgehead atoms. The van der Waals surface area contributed by atoms with Gasteiger partial charge in [-0.1, -0.05) is 35.6 Å². The molecule has 0 fully saturated rings. The predicted octanol–water partition coefficient (Wildman–Crippen LogP) is 5.99. The first kappa shape index (κ1) is 29.3. The molecule has 7 nitrogen and oxygen atoms in total. The summed E-state index contributed by atoms with van der Waals surface area (Å²) in [6.45, 7) is 2.75. The number of amides is 1. The predicted molar refractivity (Wildman–Crippen MR) is 163 cm³/mol. The molecule has 0 spiro atoms. The maximum absolute atomic E-state index is 16.7. The van der Waals surface area contributed by atoms with Crippen molar-refractivity contribution in [3.8, 4) is 29.0 Å². The Bertz CT molecular complexity index is 1850. The topological polar surface area (TPSA) is 112 Å². The van der Waals surface area contributed by atoms with E-state index >= 15 is 4.39 Å². The summed E-state index contributed by atoms with van der Waals surface area (Å²) in [4.78, 5) is 21.8. The highest BCUT2D eigenvalue weighted by Gasteiger charge is 2.36. The molecule has 11 heteroatoms. The smallest absolute Gasteiger partial charge is 0.256 e. The van der Waals surface area contributed by atoms with Crippen LogP contribution in [0.2, 0.25) is 5.02 Å². The van der Waals surface area contributed by atoms with Crippen molar-refractivity contribution in [1.82, 2.24) is 14.8 Å². The van der Waals surface area contributed by atoms with E-state index in [4.69, 9.17) is 23.1 Å². The number of nitrogens with zero attached hydrogens (tertiary/aromatic N) is 4. The molecule has 1 aliphatic heterocycles. The van der Waals surface area contributed by atoms with Gasteiger partial charge in [0, 0.05) is 42.2 Å². The number of nitrogens with two attached hydrogens (primary N) is 2. The van der Waals surface area contributed by atoms with E-state index < -0.39 is 23.6 Å². The molecule has 1 atom stereocenters. The highest BCUT2D eigenvalue weighted by Crippen LogP contribution is 2.47. The van der Waals surface area contributed by atoms with Crippen LogP contribution in [0.25, 0.3) is 21.2 Å². The zero-order valence-corrected chi connectivity index (χ0v) is 24.8. The number of nitrogen functional groups attached to an aromatic ring is 2. The minimum atomic E-state index is -0.818. The third kappa shape index (κ3) is 4.92. The van der Waals surface area contributed by atoms with Crippen molar-refractivity contribution in [3.05, 3.63) is 74.9 Å². The number of thiophene rings is 1. The third-order valence-corrected chi connectivity index (χ3v) is 8.88. The molecule has 4 aromatic rings. The van der Waals surface area contributed by atoms with Crippen LogP contribution in [-0.2, 0) is 6.42 Å². The molecule has 0 radical (unpaired) electrons. The van der Waals surface area contributed by atoms with Crippen molar-refractivity contribution in [2.45, 2.75) is 25.8 Å². The van der Waals surface area contributed by atoms with E-state index in [0.29, 0.717) is 36.3 Å². The number of carbonyl (C=O) groups is 1. The minimum absolute atomic E-state index is 0.0180. The lowest BCUT2D eigenvalue weighted by molar-refractivity contribution is 0.0672. The Labute approximate surface area is 251 Å². The fraction of sp³-hybridized carbons (Fsp3) is 0.258. The standard InChI is InChI=1S/C31H27ClF2N6OS/c1-16(17-8-6-12-38-29(17)36)40-14-11-19-24(31(40)41)20(7-4-5-13-39(2)3)27(34)25(26(19)32)18-9-10-22(33)28-23(18)21(15-35)30(37)42-28/h6,8-10,12,16H,5,11,13-14,37H2,1-3H3,(H2,36,38)/t16-/m1/s1. The van der Waals surface area contributed by atoms with Gasteiger partial charge >= 0.3 is 0 Å². The second kappa shape index (κ2) is 11.6. The summed E-state index contributed by atoms with van der Waals surface area (Å²) in [6, 6.07) is 7.69. The number of anilines is 2. The van der Waals surface area contributed by atoms with Crippen LogP contribution in [0.1, 0.15) is 52.0 Å². The van der Waals surface area contributed by atoms with Gasteiger partial charge in [0.1, 0.15) is 28.5 Å². The number of carbonyl (C=O) groups excluding carboxylic acids is 1. The molecule has 3 heterocycles. The van der Waals surface area contributed by atoms with Crippen LogP contribution in [0.3, 0.4) is 0 Å². The van der Waals surface area contributed by atoms with Crippen LogP contribution in [0.4, 0.5) is 19.6 Å². The molecule has 0 saturated heterocycles. The van der Waals surface area contributed by atoms with Gasteiger partial charge in [-0.15, -0.1) is 11.3 Å². The molecule has 1 amide bonds. The lowest BCUT2D eigenvalue weighted by Crippen LogP contribution is -2.40. The summed E-state index contributed by atoms with van der Waals surface area (Å²) >= 11 is 7.83. The van der Waals surface area contributed by atoms with Crippen molar-refractivity contribution in [2.24, 2.45) is 0 Å². The van der Waals surface area contributed by atoms with E-state index in [1.54, 1.807) is 23.2 Å². The lowest BCUT2D eigenvalue weighted by atomic mass is 9.87. The molecule has 0 aliphatic carbocycles. The normalized spacial score (nSPS) is 13.6. The molecule has 4 N–H and O–H groups in total. The van der Waals surface area contributed by atoms with Crippen LogP contribution in [0, 0.1) is 34.8 Å². The number of fused-ring (bicyclic) bond motifs is 2. The number of nitriles is 1. The SMILES string of the molecule is C[C@H](c1cccnc1N)N1CCc2c(Cl)c(-c3ccc(F)c4sc(N)c(C#N)c34)c(F)c(C#CCCN(C)C)c2C1=O. The summed E-state index contributed by atoms with van der Waals surface area (Å²) in [5.74, 6) is 4.37. The van der Waals surface area contributed by atoms with Crippen molar-refractivity contribution in [1.29, 1.82) is 5.26 Å².